The molecular weight excluding hydrogens is 853 g/mol. The van der Waals surface area contributed by atoms with Crippen molar-refractivity contribution >= 4 is 17.9 Å². The number of hydrogen-bond donors (Lipinski definition) is 0. The minimum absolute atomic E-state index is 0.118. The summed E-state index contributed by atoms with van der Waals surface area (Å²) < 4.78 is 16.8. The molecule has 0 aliphatic carbocycles. The molecule has 0 aliphatic heterocycles. The van der Waals surface area contributed by atoms with Gasteiger partial charge in [0.15, 0.2) is 6.10 Å². The fourth-order valence-corrected chi connectivity index (χ4v) is 7.48. The molecule has 0 amide bonds. The molecule has 69 heavy (non-hydrogen) atoms. The number of ether oxygens (including phenoxy) is 3. The number of carbonyl (C=O) groups excluding carboxylic acids is 3. The summed E-state index contributed by atoms with van der Waals surface area (Å²) in [6, 6.07) is 0. The first-order chi connectivity index (χ1) is 34.0. The minimum Gasteiger partial charge on any atom is -0.462 e. The van der Waals surface area contributed by atoms with Crippen LogP contribution in [0, 0.1) is 0 Å². The Kier molecular flexibility index (Phi) is 53.4. The third kappa shape index (κ3) is 54.9. The molecule has 0 aromatic heterocycles. The fourth-order valence-electron chi connectivity index (χ4n) is 7.48. The van der Waals surface area contributed by atoms with Crippen LogP contribution in [-0.2, 0) is 28.6 Å². The second kappa shape index (κ2) is 56.7. The van der Waals surface area contributed by atoms with E-state index in [4.69, 9.17) is 14.2 Å². The van der Waals surface area contributed by atoms with Crippen molar-refractivity contribution in [2.24, 2.45) is 0 Å². The third-order valence-electron chi connectivity index (χ3n) is 11.7. The van der Waals surface area contributed by atoms with Crippen LogP contribution in [0.15, 0.2) is 109 Å². The van der Waals surface area contributed by atoms with Gasteiger partial charge < -0.3 is 14.2 Å². The van der Waals surface area contributed by atoms with Gasteiger partial charge in [-0.2, -0.15) is 0 Å². The van der Waals surface area contributed by atoms with Gasteiger partial charge in [-0.3, -0.25) is 14.4 Å². The second-order valence-electron chi connectivity index (χ2n) is 18.5. The van der Waals surface area contributed by atoms with Crippen molar-refractivity contribution in [1.82, 2.24) is 0 Å². The highest BCUT2D eigenvalue weighted by Gasteiger charge is 2.19. The maximum Gasteiger partial charge on any atom is 0.306 e. The Bertz CT molecular complexity index is 1420. The maximum atomic E-state index is 12.9. The number of unbranched alkanes of at least 4 members (excludes halogenated alkanes) is 21. The van der Waals surface area contributed by atoms with Gasteiger partial charge in [0.1, 0.15) is 13.2 Å². The molecule has 0 N–H and O–H groups in total. The quantitative estimate of drug-likeness (QED) is 0.0262. The molecule has 6 nitrogen and oxygen atoms in total. The Morgan fingerprint density at radius 1 is 0.304 bits per heavy atom. The van der Waals surface area contributed by atoms with Gasteiger partial charge in [0.2, 0.25) is 0 Å². The molecular formula is C63H104O6. The standard InChI is InChI=1S/C63H104O6/c1-4-7-10-13-16-19-22-25-28-30-31-33-36-39-42-45-48-51-54-57-63(66)69-60(58-67-61(64)55-52-49-46-43-40-37-34-27-24-21-18-15-12-9-6-3)59-68-62(65)56-53-50-47-44-41-38-35-32-29-26-23-20-17-14-11-8-5-2/h8,11,17-18,20-21,25-29,34-35,38,40,43-44,47,60H,4-7,9-10,12-16,19,22-24,30-33,36-37,39,41-42,45-46,48-59H2,1-3H3/b11-8-,20-17-,21-18-,28-25-,29-26-,34-27-,38-35-,43-40-,47-44-/t60-/m0/s1. The summed E-state index contributed by atoms with van der Waals surface area (Å²) in [5.41, 5.74) is 0. The van der Waals surface area contributed by atoms with Crippen LogP contribution in [0.2, 0.25) is 0 Å². The van der Waals surface area contributed by atoms with Crippen LogP contribution in [0.3, 0.4) is 0 Å². The van der Waals surface area contributed by atoms with Crippen molar-refractivity contribution in [2.75, 3.05) is 13.2 Å². The van der Waals surface area contributed by atoms with Gasteiger partial charge in [-0.05, 0) is 122 Å². The van der Waals surface area contributed by atoms with Gasteiger partial charge in [0, 0.05) is 19.3 Å². The van der Waals surface area contributed by atoms with Crippen LogP contribution in [-0.4, -0.2) is 37.2 Å². The minimum atomic E-state index is -0.820. The van der Waals surface area contributed by atoms with Crippen LogP contribution < -0.4 is 0 Å². The monoisotopic (exact) mass is 957 g/mol. The zero-order valence-electron chi connectivity index (χ0n) is 44.8. The summed E-state index contributed by atoms with van der Waals surface area (Å²) in [6.07, 6.45) is 76.6. The lowest BCUT2D eigenvalue weighted by Crippen LogP contribution is -2.30. The zero-order valence-corrected chi connectivity index (χ0v) is 44.8. The average Bonchev–Trinajstić information content (AvgIpc) is 3.35. The molecule has 0 spiro atoms. The molecule has 0 aromatic rings. The molecule has 0 aliphatic rings. The topological polar surface area (TPSA) is 78.9 Å². The van der Waals surface area contributed by atoms with E-state index in [0.29, 0.717) is 19.3 Å². The van der Waals surface area contributed by atoms with Gasteiger partial charge in [0.05, 0.1) is 0 Å². The van der Waals surface area contributed by atoms with Gasteiger partial charge in [0.25, 0.3) is 0 Å². The van der Waals surface area contributed by atoms with E-state index in [0.717, 1.165) is 89.9 Å². The van der Waals surface area contributed by atoms with Crippen molar-refractivity contribution < 1.29 is 28.6 Å². The first kappa shape index (κ1) is 65.1. The summed E-state index contributed by atoms with van der Waals surface area (Å²) in [4.78, 5) is 38.1. The molecule has 0 radical (unpaired) electrons. The summed E-state index contributed by atoms with van der Waals surface area (Å²) >= 11 is 0. The average molecular weight is 958 g/mol. The smallest absolute Gasteiger partial charge is 0.306 e. The van der Waals surface area contributed by atoms with E-state index in [1.165, 1.54) is 116 Å². The lowest BCUT2D eigenvalue weighted by molar-refractivity contribution is -0.167. The van der Waals surface area contributed by atoms with Crippen LogP contribution in [0.5, 0.6) is 0 Å². The van der Waals surface area contributed by atoms with E-state index in [-0.39, 0.29) is 37.5 Å². The van der Waals surface area contributed by atoms with Crippen molar-refractivity contribution in [2.45, 2.75) is 258 Å². The highest BCUT2D eigenvalue weighted by atomic mass is 16.6. The van der Waals surface area contributed by atoms with E-state index >= 15 is 0 Å². The van der Waals surface area contributed by atoms with E-state index in [2.05, 4.69) is 130 Å². The summed E-state index contributed by atoms with van der Waals surface area (Å²) in [5.74, 6) is -1.01. The first-order valence-corrected chi connectivity index (χ1v) is 28.4. The molecule has 0 unspecified atom stereocenters. The summed E-state index contributed by atoms with van der Waals surface area (Å²) in [6.45, 7) is 6.41. The second-order valence-corrected chi connectivity index (χ2v) is 18.5. The van der Waals surface area contributed by atoms with E-state index in [1.54, 1.807) is 0 Å². The molecule has 0 fully saturated rings. The zero-order chi connectivity index (χ0) is 50.0. The number of rotatable bonds is 50. The van der Waals surface area contributed by atoms with Crippen molar-refractivity contribution in [1.29, 1.82) is 0 Å². The van der Waals surface area contributed by atoms with E-state index in [9.17, 15) is 14.4 Å². The van der Waals surface area contributed by atoms with E-state index in [1.807, 2.05) is 0 Å². The predicted molar refractivity (Wildman–Crippen MR) is 297 cm³/mol. The molecule has 0 aromatic carbocycles. The number of carbonyl (C=O) groups is 3. The SMILES string of the molecule is CC/C=C\C/C=C\C/C=C\C/C=C\C/C=C\CCCC(=O)OC[C@H](COC(=O)CCCC/C=C\C/C=C\C/C=C\CCCCC)OC(=O)CCCCCCCCCCC/C=C\CCCCCCCC. The lowest BCUT2D eigenvalue weighted by Gasteiger charge is -2.18. The Hall–Kier alpha value is -3.93. The van der Waals surface area contributed by atoms with Gasteiger partial charge in [-0.25, -0.2) is 0 Å². The molecule has 0 heterocycles. The highest BCUT2D eigenvalue weighted by Crippen LogP contribution is 2.14. The predicted octanol–water partition coefficient (Wildman–Crippen LogP) is 19.1. The molecule has 392 valence electrons. The van der Waals surface area contributed by atoms with E-state index < -0.39 is 6.10 Å². The molecule has 1 atom stereocenters. The van der Waals surface area contributed by atoms with Gasteiger partial charge >= 0.3 is 17.9 Å². The summed E-state index contributed by atoms with van der Waals surface area (Å²) in [7, 11) is 0. The molecule has 0 saturated heterocycles. The maximum absolute atomic E-state index is 12.9. The number of hydrogen-bond acceptors (Lipinski definition) is 6. The Morgan fingerprint density at radius 2 is 0.580 bits per heavy atom. The van der Waals surface area contributed by atoms with Gasteiger partial charge in [-0.1, -0.05) is 220 Å². The fraction of sp³-hybridized carbons (Fsp3) is 0.667. The van der Waals surface area contributed by atoms with Crippen LogP contribution >= 0.6 is 0 Å². The van der Waals surface area contributed by atoms with Crippen molar-refractivity contribution in [3.63, 3.8) is 0 Å². The Morgan fingerprint density at radius 3 is 1.01 bits per heavy atom. The summed E-state index contributed by atoms with van der Waals surface area (Å²) in [5, 5.41) is 0. The Balaban J connectivity index is 4.52. The third-order valence-corrected chi connectivity index (χ3v) is 11.7. The van der Waals surface area contributed by atoms with Gasteiger partial charge in [-0.15, -0.1) is 0 Å². The number of allylic oxidation sites excluding steroid dienone is 18. The van der Waals surface area contributed by atoms with Crippen LogP contribution in [0.4, 0.5) is 0 Å². The molecule has 0 saturated carbocycles. The van der Waals surface area contributed by atoms with Crippen molar-refractivity contribution in [3.05, 3.63) is 109 Å². The van der Waals surface area contributed by atoms with Crippen LogP contribution in [0.25, 0.3) is 0 Å². The lowest BCUT2D eigenvalue weighted by atomic mass is 10.1. The normalized spacial score (nSPS) is 12.9. The largest absolute Gasteiger partial charge is 0.462 e. The molecule has 0 bridgehead atoms. The first-order valence-electron chi connectivity index (χ1n) is 28.4. The number of esters is 3. The molecule has 6 heteroatoms. The van der Waals surface area contributed by atoms with Crippen molar-refractivity contribution in [3.8, 4) is 0 Å². The highest BCUT2D eigenvalue weighted by molar-refractivity contribution is 5.71. The van der Waals surface area contributed by atoms with Crippen LogP contribution in [0.1, 0.15) is 252 Å². The molecule has 0 rings (SSSR count). The Labute approximate surface area is 425 Å².